The number of rotatable bonds is 6. The number of aliphatic hydroxyl groups is 1. The van der Waals surface area contributed by atoms with Crippen molar-refractivity contribution in [3.8, 4) is 11.5 Å². The molecule has 1 fully saturated rings. The molecule has 0 radical (unpaired) electrons. The third-order valence-corrected chi connectivity index (χ3v) is 7.03. The molecule has 0 bridgehead atoms. The predicted molar refractivity (Wildman–Crippen MR) is 129 cm³/mol. The van der Waals surface area contributed by atoms with Gasteiger partial charge in [0.2, 0.25) is 0 Å². The largest absolute Gasteiger partial charge is 0.393 e. The van der Waals surface area contributed by atoms with E-state index in [-0.39, 0.29) is 18.0 Å². The maximum atomic E-state index is 12.7. The van der Waals surface area contributed by atoms with Crippen molar-refractivity contribution >= 4 is 39.9 Å². The summed E-state index contributed by atoms with van der Waals surface area (Å²) in [5, 5.41) is 20.9. The highest BCUT2D eigenvalue weighted by atomic mass is 35.5. The molecular formula is C22H25ClN8O2S. The zero-order valence-corrected chi connectivity index (χ0v) is 20.3. The SMILES string of the molecule is CC(C)Cc1nc2cnc(-c3nc[nH]n3)cc2n1C1C[C@H](O)C[C@@H](NC(=O)c2ncc(Cl)s2)C1. The molecule has 34 heavy (non-hydrogen) atoms. The number of carbonyl (C=O) groups excluding carboxylic acids is 1. The summed E-state index contributed by atoms with van der Waals surface area (Å²) >= 11 is 7.07. The van der Waals surface area contributed by atoms with Gasteiger partial charge in [0.25, 0.3) is 5.91 Å². The average molecular weight is 501 g/mol. The van der Waals surface area contributed by atoms with Crippen LogP contribution >= 0.6 is 22.9 Å². The van der Waals surface area contributed by atoms with Gasteiger partial charge in [-0.3, -0.25) is 14.9 Å². The highest BCUT2D eigenvalue weighted by Crippen LogP contribution is 2.34. The van der Waals surface area contributed by atoms with Crippen LogP contribution in [-0.4, -0.2) is 57.9 Å². The minimum absolute atomic E-state index is 0.0462. The highest BCUT2D eigenvalue weighted by molar-refractivity contribution is 7.17. The normalized spacial score (nSPS) is 20.8. The molecule has 10 nitrogen and oxygen atoms in total. The Labute approximate surface area is 204 Å². The third-order valence-electron chi connectivity index (χ3n) is 5.91. The molecule has 1 amide bonds. The quantitative estimate of drug-likeness (QED) is 0.369. The van der Waals surface area contributed by atoms with Crippen LogP contribution in [0.3, 0.4) is 0 Å². The molecule has 12 heteroatoms. The highest BCUT2D eigenvalue weighted by Gasteiger charge is 2.33. The standard InChI is InChI=1S/C22H25ClN8O2S/c1-11(2)3-19-29-16-8-24-15(20-26-10-27-30-20)7-17(16)31(19)13-4-12(5-14(32)6-13)28-21(33)22-25-9-18(23)34-22/h7-14,32H,3-6H2,1-2H3,(H,28,33)(H,26,27,30)/t12-,13?,14+/m0/s1. The Kier molecular flexibility index (Phi) is 6.32. The number of amides is 1. The molecule has 178 valence electrons. The number of H-pyrrole nitrogens is 1. The Morgan fingerprint density at radius 2 is 2.15 bits per heavy atom. The number of hydrogen-bond acceptors (Lipinski definition) is 8. The smallest absolute Gasteiger partial charge is 0.280 e. The van der Waals surface area contributed by atoms with Crippen LogP contribution < -0.4 is 5.32 Å². The zero-order valence-electron chi connectivity index (χ0n) is 18.8. The summed E-state index contributed by atoms with van der Waals surface area (Å²) in [7, 11) is 0. The van der Waals surface area contributed by atoms with Crippen LogP contribution in [0, 0.1) is 5.92 Å². The molecule has 1 aliphatic carbocycles. The molecule has 0 saturated heterocycles. The molecule has 5 rings (SSSR count). The monoisotopic (exact) mass is 500 g/mol. The van der Waals surface area contributed by atoms with E-state index in [1.165, 1.54) is 12.5 Å². The topological polar surface area (TPSA) is 134 Å². The first-order valence-corrected chi connectivity index (χ1v) is 12.4. The van der Waals surface area contributed by atoms with Gasteiger partial charge in [-0.1, -0.05) is 36.8 Å². The Morgan fingerprint density at radius 3 is 2.85 bits per heavy atom. The van der Waals surface area contributed by atoms with E-state index < -0.39 is 6.10 Å². The van der Waals surface area contributed by atoms with Gasteiger partial charge in [0.15, 0.2) is 10.8 Å². The number of aliphatic hydroxyl groups excluding tert-OH is 1. The third kappa shape index (κ3) is 4.68. The van der Waals surface area contributed by atoms with Crippen molar-refractivity contribution in [3.63, 3.8) is 0 Å². The van der Waals surface area contributed by atoms with Crippen molar-refractivity contribution in [2.45, 2.75) is 57.7 Å². The first-order chi connectivity index (χ1) is 16.4. The van der Waals surface area contributed by atoms with Crippen LogP contribution in [0.1, 0.15) is 54.8 Å². The van der Waals surface area contributed by atoms with Gasteiger partial charge in [-0.2, -0.15) is 5.10 Å². The van der Waals surface area contributed by atoms with Gasteiger partial charge < -0.3 is 15.0 Å². The van der Waals surface area contributed by atoms with Crippen molar-refractivity contribution in [1.82, 2.24) is 40.0 Å². The summed E-state index contributed by atoms with van der Waals surface area (Å²) in [6, 6.07) is 1.69. The lowest BCUT2D eigenvalue weighted by Crippen LogP contribution is -2.43. The maximum absolute atomic E-state index is 12.7. The molecule has 0 spiro atoms. The van der Waals surface area contributed by atoms with Crippen LogP contribution in [0.15, 0.2) is 24.8 Å². The van der Waals surface area contributed by atoms with Gasteiger partial charge in [0, 0.05) is 18.5 Å². The minimum atomic E-state index is -0.553. The number of thiazole rings is 1. The molecule has 0 aromatic carbocycles. The predicted octanol–water partition coefficient (Wildman–Crippen LogP) is 3.41. The van der Waals surface area contributed by atoms with Crippen LogP contribution in [0.4, 0.5) is 0 Å². The summed E-state index contributed by atoms with van der Waals surface area (Å²) in [5.41, 5.74) is 2.35. The van der Waals surface area contributed by atoms with Gasteiger partial charge in [-0.15, -0.1) is 0 Å². The number of aromatic amines is 1. The number of nitrogens with zero attached hydrogens (tertiary/aromatic N) is 6. The molecule has 1 unspecified atom stereocenters. The van der Waals surface area contributed by atoms with E-state index in [9.17, 15) is 9.90 Å². The van der Waals surface area contributed by atoms with E-state index in [4.69, 9.17) is 16.6 Å². The lowest BCUT2D eigenvalue weighted by Gasteiger charge is -2.34. The fourth-order valence-electron chi connectivity index (χ4n) is 4.61. The fourth-order valence-corrected chi connectivity index (χ4v) is 5.43. The lowest BCUT2D eigenvalue weighted by atomic mass is 9.88. The molecule has 3 N–H and O–H groups in total. The minimum Gasteiger partial charge on any atom is -0.393 e. The molecule has 4 aromatic rings. The zero-order chi connectivity index (χ0) is 23.8. The second kappa shape index (κ2) is 9.40. The first kappa shape index (κ1) is 22.9. The Morgan fingerprint density at radius 1 is 1.29 bits per heavy atom. The Bertz CT molecular complexity index is 1300. The van der Waals surface area contributed by atoms with Crippen LogP contribution in [0.2, 0.25) is 4.34 Å². The summed E-state index contributed by atoms with van der Waals surface area (Å²) < 4.78 is 2.67. The first-order valence-electron chi connectivity index (χ1n) is 11.2. The summed E-state index contributed by atoms with van der Waals surface area (Å²) in [5.74, 6) is 1.57. The summed E-state index contributed by atoms with van der Waals surface area (Å²) in [4.78, 5) is 30.3. The van der Waals surface area contributed by atoms with Crippen molar-refractivity contribution < 1.29 is 9.90 Å². The number of halogens is 1. The number of fused-ring (bicyclic) bond motifs is 1. The maximum Gasteiger partial charge on any atom is 0.280 e. The Hall–Kier alpha value is -2.89. The van der Waals surface area contributed by atoms with E-state index in [1.54, 1.807) is 6.20 Å². The van der Waals surface area contributed by atoms with E-state index in [0.717, 1.165) is 34.6 Å². The van der Waals surface area contributed by atoms with Crippen molar-refractivity contribution in [1.29, 1.82) is 0 Å². The number of hydrogen-bond donors (Lipinski definition) is 3. The van der Waals surface area contributed by atoms with E-state index in [0.29, 0.717) is 46.0 Å². The van der Waals surface area contributed by atoms with Gasteiger partial charge in [-0.05, 0) is 31.2 Å². The number of nitrogens with one attached hydrogen (secondary N) is 2. The molecule has 4 heterocycles. The van der Waals surface area contributed by atoms with Crippen molar-refractivity contribution in [2.24, 2.45) is 5.92 Å². The number of pyridine rings is 1. The number of aromatic nitrogens is 7. The molecule has 0 aliphatic heterocycles. The van der Waals surface area contributed by atoms with Gasteiger partial charge in [-0.25, -0.2) is 15.0 Å². The number of imidazole rings is 1. The second-order valence-electron chi connectivity index (χ2n) is 9.03. The van der Waals surface area contributed by atoms with E-state index >= 15 is 0 Å². The van der Waals surface area contributed by atoms with Crippen molar-refractivity contribution in [2.75, 3.05) is 0 Å². The van der Waals surface area contributed by atoms with Crippen LogP contribution in [0.5, 0.6) is 0 Å². The summed E-state index contributed by atoms with van der Waals surface area (Å²) in [6.45, 7) is 4.30. The fraction of sp³-hybridized carbons (Fsp3) is 0.455. The van der Waals surface area contributed by atoms with Gasteiger partial charge in [0.05, 0.1) is 24.0 Å². The van der Waals surface area contributed by atoms with Gasteiger partial charge in [0.1, 0.15) is 27.7 Å². The molecule has 1 saturated carbocycles. The van der Waals surface area contributed by atoms with E-state index in [1.807, 2.05) is 6.07 Å². The molecular weight excluding hydrogens is 476 g/mol. The Balaban J connectivity index is 1.49. The van der Waals surface area contributed by atoms with Gasteiger partial charge >= 0.3 is 0 Å². The number of carbonyl (C=O) groups is 1. The van der Waals surface area contributed by atoms with Crippen LogP contribution in [0.25, 0.3) is 22.6 Å². The molecule has 1 aliphatic rings. The van der Waals surface area contributed by atoms with Crippen LogP contribution in [-0.2, 0) is 6.42 Å². The molecule has 3 atom stereocenters. The van der Waals surface area contributed by atoms with E-state index in [2.05, 4.69) is 48.9 Å². The summed E-state index contributed by atoms with van der Waals surface area (Å²) in [6.07, 6.45) is 6.68. The second-order valence-corrected chi connectivity index (χ2v) is 10.7. The molecule has 4 aromatic heterocycles. The lowest BCUT2D eigenvalue weighted by molar-refractivity contribution is 0.0740. The van der Waals surface area contributed by atoms with Crippen molar-refractivity contribution in [3.05, 3.63) is 40.0 Å². The average Bonchev–Trinajstić information content (AvgIpc) is 3.52.